The molecule has 0 heterocycles. The zero-order valence-corrected chi connectivity index (χ0v) is 13.2. The minimum Gasteiger partial charge on any atom is -0.481 e. The Morgan fingerprint density at radius 2 is 2.10 bits per heavy atom. The quantitative estimate of drug-likeness (QED) is 0.754. The smallest absolute Gasteiger partial charge is 0.315 e. The molecule has 2 atom stereocenters. The summed E-state index contributed by atoms with van der Waals surface area (Å²) in [5.74, 6) is -0.923. The summed E-state index contributed by atoms with van der Waals surface area (Å²) in [4.78, 5) is 23.0. The summed E-state index contributed by atoms with van der Waals surface area (Å²) in [6.07, 6.45) is 0.437. The molecule has 0 aromatic heterocycles. The third kappa shape index (κ3) is 4.93. The molecule has 0 spiro atoms. The molecular formula is C15H21ClN2O3. The van der Waals surface area contributed by atoms with Gasteiger partial charge in [0, 0.05) is 11.6 Å². The van der Waals surface area contributed by atoms with E-state index in [-0.39, 0.29) is 12.6 Å². The van der Waals surface area contributed by atoms with Crippen LogP contribution in [0.4, 0.5) is 4.79 Å². The summed E-state index contributed by atoms with van der Waals surface area (Å²) in [6, 6.07) is 6.60. The van der Waals surface area contributed by atoms with Gasteiger partial charge < -0.3 is 15.7 Å². The van der Waals surface area contributed by atoms with Crippen LogP contribution in [0.15, 0.2) is 24.3 Å². The average Bonchev–Trinajstić information content (AvgIpc) is 2.44. The fraction of sp³-hybridized carbons (Fsp3) is 0.467. The van der Waals surface area contributed by atoms with E-state index in [4.69, 9.17) is 16.7 Å². The molecule has 116 valence electrons. The lowest BCUT2D eigenvalue weighted by Crippen LogP contribution is -2.45. The van der Waals surface area contributed by atoms with Gasteiger partial charge in [0.1, 0.15) is 0 Å². The summed E-state index contributed by atoms with van der Waals surface area (Å²) in [5.41, 5.74) is -0.0782. The first-order chi connectivity index (χ1) is 9.78. The summed E-state index contributed by atoms with van der Waals surface area (Å²) >= 11 is 5.91. The molecule has 1 rings (SSSR count). The van der Waals surface area contributed by atoms with Gasteiger partial charge in [0.2, 0.25) is 0 Å². The molecule has 6 heteroatoms. The fourth-order valence-corrected chi connectivity index (χ4v) is 1.93. The highest BCUT2D eigenvalue weighted by Crippen LogP contribution is 2.20. The van der Waals surface area contributed by atoms with E-state index in [0.29, 0.717) is 11.4 Å². The third-order valence-corrected chi connectivity index (χ3v) is 3.87. The van der Waals surface area contributed by atoms with Crippen LogP contribution in [0.25, 0.3) is 0 Å². The highest BCUT2D eigenvalue weighted by molar-refractivity contribution is 6.30. The van der Waals surface area contributed by atoms with E-state index >= 15 is 0 Å². The molecule has 5 nitrogen and oxygen atoms in total. The maximum Gasteiger partial charge on any atom is 0.315 e. The molecule has 1 aromatic rings. The van der Waals surface area contributed by atoms with Crippen LogP contribution in [0.5, 0.6) is 0 Å². The van der Waals surface area contributed by atoms with Gasteiger partial charge in [0.05, 0.1) is 11.5 Å². The van der Waals surface area contributed by atoms with Gasteiger partial charge >= 0.3 is 12.0 Å². The van der Waals surface area contributed by atoms with Crippen LogP contribution in [0, 0.1) is 5.41 Å². The molecule has 0 aliphatic rings. The molecule has 2 unspecified atom stereocenters. The Morgan fingerprint density at radius 1 is 1.43 bits per heavy atom. The molecule has 0 radical (unpaired) electrons. The predicted octanol–water partition coefficient (Wildman–Crippen LogP) is 3.20. The molecule has 0 fully saturated rings. The number of hydrogen-bond donors (Lipinski definition) is 3. The minimum atomic E-state index is -0.962. The minimum absolute atomic E-state index is 0.0763. The summed E-state index contributed by atoms with van der Waals surface area (Å²) < 4.78 is 0. The van der Waals surface area contributed by atoms with Crippen LogP contribution >= 0.6 is 11.6 Å². The lowest BCUT2D eigenvalue weighted by molar-refractivity contribution is -0.147. The first-order valence-electron chi connectivity index (χ1n) is 6.81. The molecule has 0 bridgehead atoms. The van der Waals surface area contributed by atoms with Gasteiger partial charge in [-0.1, -0.05) is 30.7 Å². The number of halogens is 1. The number of hydrogen-bond acceptors (Lipinski definition) is 2. The van der Waals surface area contributed by atoms with Crippen molar-refractivity contribution >= 4 is 23.6 Å². The van der Waals surface area contributed by atoms with E-state index in [2.05, 4.69) is 10.6 Å². The second-order valence-corrected chi connectivity index (χ2v) is 5.76. The lowest BCUT2D eigenvalue weighted by atomic mass is 9.88. The second kappa shape index (κ2) is 7.31. The van der Waals surface area contributed by atoms with Crippen molar-refractivity contribution in [2.75, 3.05) is 6.54 Å². The van der Waals surface area contributed by atoms with Crippen molar-refractivity contribution in [3.63, 3.8) is 0 Å². The fourth-order valence-electron chi connectivity index (χ4n) is 1.73. The number of carboxylic acids is 1. The number of carboxylic acid groups (broad SMARTS) is 1. The van der Waals surface area contributed by atoms with Crippen molar-refractivity contribution in [2.24, 2.45) is 5.41 Å². The van der Waals surface area contributed by atoms with Crippen LogP contribution in [0.3, 0.4) is 0 Å². The number of nitrogens with one attached hydrogen (secondary N) is 2. The number of benzene rings is 1. The van der Waals surface area contributed by atoms with Crippen LogP contribution < -0.4 is 10.6 Å². The molecule has 0 saturated carbocycles. The maximum atomic E-state index is 11.8. The molecule has 3 N–H and O–H groups in total. The second-order valence-electron chi connectivity index (χ2n) is 5.32. The molecule has 0 aliphatic carbocycles. The van der Waals surface area contributed by atoms with Crippen molar-refractivity contribution in [1.29, 1.82) is 0 Å². The van der Waals surface area contributed by atoms with E-state index in [9.17, 15) is 9.59 Å². The van der Waals surface area contributed by atoms with Gasteiger partial charge in [0.25, 0.3) is 0 Å². The van der Waals surface area contributed by atoms with E-state index in [1.54, 1.807) is 26.0 Å². The number of amides is 2. The molecule has 21 heavy (non-hydrogen) atoms. The number of aliphatic carboxylic acids is 1. The number of rotatable bonds is 6. The number of carbonyl (C=O) groups is 2. The van der Waals surface area contributed by atoms with Gasteiger partial charge in [-0.25, -0.2) is 4.79 Å². The van der Waals surface area contributed by atoms with Crippen LogP contribution in [-0.4, -0.2) is 23.7 Å². The Kier molecular flexibility index (Phi) is 6.03. The first kappa shape index (κ1) is 17.3. The molecule has 0 aliphatic heterocycles. The van der Waals surface area contributed by atoms with Crippen molar-refractivity contribution < 1.29 is 14.7 Å². The van der Waals surface area contributed by atoms with Crippen molar-refractivity contribution in [1.82, 2.24) is 10.6 Å². The monoisotopic (exact) mass is 312 g/mol. The molecule has 0 saturated heterocycles. The summed E-state index contributed by atoms with van der Waals surface area (Å²) in [6.45, 7) is 5.30. The van der Waals surface area contributed by atoms with Gasteiger partial charge in [0.15, 0.2) is 0 Å². The highest BCUT2D eigenvalue weighted by atomic mass is 35.5. The summed E-state index contributed by atoms with van der Waals surface area (Å²) in [5, 5.41) is 15.1. The zero-order valence-electron chi connectivity index (χ0n) is 12.4. The van der Waals surface area contributed by atoms with Gasteiger partial charge in [-0.3, -0.25) is 4.79 Å². The van der Waals surface area contributed by atoms with Gasteiger partial charge in [-0.2, -0.15) is 0 Å². The van der Waals surface area contributed by atoms with Crippen LogP contribution in [0.2, 0.25) is 5.02 Å². The Labute approximate surface area is 129 Å². The standard InChI is InChI=1S/C15H21ClN2O3/c1-4-15(3,13(19)20)9-17-14(21)18-10(2)11-6-5-7-12(16)8-11/h5-8,10H,4,9H2,1-3H3,(H,19,20)(H2,17,18,21). The Morgan fingerprint density at radius 3 is 2.62 bits per heavy atom. The zero-order chi connectivity index (χ0) is 16.0. The first-order valence-corrected chi connectivity index (χ1v) is 7.19. The lowest BCUT2D eigenvalue weighted by Gasteiger charge is -2.24. The van der Waals surface area contributed by atoms with Crippen molar-refractivity contribution in [2.45, 2.75) is 33.2 Å². The Hall–Kier alpha value is -1.75. The van der Waals surface area contributed by atoms with Crippen molar-refractivity contribution in [3.05, 3.63) is 34.9 Å². The van der Waals surface area contributed by atoms with Gasteiger partial charge in [-0.15, -0.1) is 0 Å². The van der Waals surface area contributed by atoms with Crippen LogP contribution in [-0.2, 0) is 4.79 Å². The number of carbonyl (C=O) groups excluding carboxylic acids is 1. The third-order valence-electron chi connectivity index (χ3n) is 3.63. The van der Waals surface area contributed by atoms with E-state index < -0.39 is 17.4 Å². The average molecular weight is 313 g/mol. The largest absolute Gasteiger partial charge is 0.481 e. The SMILES string of the molecule is CCC(C)(CNC(=O)NC(C)c1cccc(Cl)c1)C(=O)O. The van der Waals surface area contributed by atoms with E-state index in [1.807, 2.05) is 19.1 Å². The van der Waals surface area contributed by atoms with Gasteiger partial charge in [-0.05, 0) is 38.0 Å². The predicted molar refractivity (Wildman–Crippen MR) is 82.4 cm³/mol. The topological polar surface area (TPSA) is 78.4 Å². The van der Waals surface area contributed by atoms with E-state index in [1.165, 1.54) is 0 Å². The summed E-state index contributed by atoms with van der Waals surface area (Å²) in [7, 11) is 0. The molecular weight excluding hydrogens is 292 g/mol. The molecule has 2 amide bonds. The van der Waals surface area contributed by atoms with Crippen LogP contribution in [0.1, 0.15) is 38.8 Å². The Bertz CT molecular complexity index is 521. The van der Waals surface area contributed by atoms with E-state index in [0.717, 1.165) is 5.56 Å². The molecule has 1 aromatic carbocycles. The Balaban J connectivity index is 2.56. The van der Waals surface area contributed by atoms with Crippen molar-refractivity contribution in [3.8, 4) is 0 Å². The highest BCUT2D eigenvalue weighted by Gasteiger charge is 2.31. The maximum absolute atomic E-state index is 11.8. The normalized spacial score (nSPS) is 14.9. The number of urea groups is 1.